The number of aromatic nitrogens is 1. The lowest BCUT2D eigenvalue weighted by molar-refractivity contribution is 0.0661. The number of hydrogen-bond acceptors (Lipinski definition) is 5. The molecule has 1 aromatic heterocycles. The minimum atomic E-state index is -1.08. The van der Waals surface area contributed by atoms with Gasteiger partial charge in [0.2, 0.25) is 18.4 Å². The molecule has 1 aliphatic heterocycles. The van der Waals surface area contributed by atoms with E-state index < -0.39 is 5.97 Å². The molecule has 6 heteroatoms. The molecule has 4 rings (SSSR count). The molecule has 0 spiro atoms. The summed E-state index contributed by atoms with van der Waals surface area (Å²) in [5.74, 6) is 0.675. The molecule has 2 heterocycles. The smallest absolute Gasteiger partial charge is 0.373 e. The normalized spacial score (nSPS) is 16.4. The maximum absolute atomic E-state index is 11.2. The molecule has 0 amide bonds. The molecule has 0 atom stereocenters. The Morgan fingerprint density at radius 3 is 2.80 bits per heavy atom. The first-order chi connectivity index (χ1) is 9.72. The Kier molecular flexibility index (Phi) is 2.26. The Morgan fingerprint density at radius 1 is 1.25 bits per heavy atom. The van der Waals surface area contributed by atoms with E-state index in [1.807, 2.05) is 0 Å². The number of rotatable bonds is 3. The van der Waals surface area contributed by atoms with E-state index in [2.05, 4.69) is 4.98 Å². The van der Waals surface area contributed by atoms with Gasteiger partial charge in [0.15, 0.2) is 11.5 Å². The van der Waals surface area contributed by atoms with E-state index in [-0.39, 0.29) is 18.5 Å². The Bertz CT molecular complexity index is 702. The summed E-state index contributed by atoms with van der Waals surface area (Å²) >= 11 is 0. The molecule has 0 unspecified atom stereocenters. The van der Waals surface area contributed by atoms with Crippen molar-refractivity contribution in [3.05, 3.63) is 29.7 Å². The highest BCUT2D eigenvalue weighted by Crippen LogP contribution is 2.43. The van der Waals surface area contributed by atoms with Gasteiger partial charge in [0, 0.05) is 11.5 Å². The molecule has 2 aliphatic rings. The number of ether oxygens (including phenoxy) is 2. The van der Waals surface area contributed by atoms with Crippen molar-refractivity contribution >= 4 is 5.97 Å². The topological polar surface area (TPSA) is 81.8 Å². The van der Waals surface area contributed by atoms with Crippen LogP contribution in [0.5, 0.6) is 11.5 Å². The van der Waals surface area contributed by atoms with Crippen LogP contribution in [0.4, 0.5) is 0 Å². The lowest BCUT2D eigenvalue weighted by atomic mass is 10.2. The summed E-state index contributed by atoms with van der Waals surface area (Å²) in [5.41, 5.74) is 1.23. The summed E-state index contributed by atoms with van der Waals surface area (Å²) in [6.07, 6.45) is 1.93. The highest BCUT2D eigenvalue weighted by atomic mass is 16.7. The SMILES string of the molecule is O=C(O)c1oc(-c2ccc3c(c2)OCO3)nc1C1CC1. The van der Waals surface area contributed by atoms with Crippen LogP contribution in [0.2, 0.25) is 0 Å². The molecule has 0 bridgehead atoms. The Labute approximate surface area is 113 Å². The van der Waals surface area contributed by atoms with E-state index in [0.29, 0.717) is 28.6 Å². The van der Waals surface area contributed by atoms with Crippen LogP contribution in [0.15, 0.2) is 22.6 Å². The van der Waals surface area contributed by atoms with Crippen molar-refractivity contribution in [2.75, 3.05) is 6.79 Å². The number of carboxylic acid groups (broad SMARTS) is 1. The number of carboxylic acids is 1. The zero-order valence-corrected chi connectivity index (χ0v) is 10.5. The average molecular weight is 273 g/mol. The van der Waals surface area contributed by atoms with Crippen LogP contribution in [-0.2, 0) is 0 Å². The molecular formula is C14H11NO5. The van der Waals surface area contributed by atoms with Crippen LogP contribution < -0.4 is 9.47 Å². The van der Waals surface area contributed by atoms with Gasteiger partial charge in [-0.05, 0) is 31.0 Å². The standard InChI is InChI=1S/C14H11NO5/c16-14(17)12-11(7-1-2-7)15-13(20-12)8-3-4-9-10(5-8)19-6-18-9/h3-5,7H,1-2,6H2,(H,16,17). The second kappa shape index (κ2) is 4.00. The van der Waals surface area contributed by atoms with E-state index in [9.17, 15) is 9.90 Å². The Hall–Kier alpha value is -2.50. The molecule has 2 aromatic rings. The number of fused-ring (bicyclic) bond motifs is 1. The largest absolute Gasteiger partial charge is 0.475 e. The third-order valence-electron chi connectivity index (χ3n) is 3.43. The number of carbonyl (C=O) groups is 1. The zero-order valence-electron chi connectivity index (χ0n) is 10.5. The third-order valence-corrected chi connectivity index (χ3v) is 3.43. The number of benzene rings is 1. The molecule has 102 valence electrons. The van der Waals surface area contributed by atoms with Crippen LogP contribution in [0.1, 0.15) is 35.0 Å². The molecule has 1 saturated carbocycles. The minimum Gasteiger partial charge on any atom is -0.475 e. The van der Waals surface area contributed by atoms with Gasteiger partial charge in [-0.2, -0.15) is 0 Å². The second-order valence-corrected chi connectivity index (χ2v) is 4.88. The average Bonchev–Trinajstić information content (AvgIpc) is 3.02. The van der Waals surface area contributed by atoms with Crippen LogP contribution >= 0.6 is 0 Å². The molecule has 1 aliphatic carbocycles. The Balaban J connectivity index is 1.78. The molecule has 0 saturated heterocycles. The van der Waals surface area contributed by atoms with Gasteiger partial charge in [0.1, 0.15) is 0 Å². The van der Waals surface area contributed by atoms with E-state index >= 15 is 0 Å². The van der Waals surface area contributed by atoms with Crippen molar-refractivity contribution in [3.63, 3.8) is 0 Å². The fourth-order valence-corrected chi connectivity index (χ4v) is 2.27. The van der Waals surface area contributed by atoms with E-state index in [1.54, 1.807) is 18.2 Å². The first kappa shape index (κ1) is 11.3. The predicted molar refractivity (Wildman–Crippen MR) is 67.0 cm³/mol. The van der Waals surface area contributed by atoms with Gasteiger partial charge in [0.25, 0.3) is 0 Å². The highest BCUT2D eigenvalue weighted by Gasteiger charge is 2.33. The first-order valence-corrected chi connectivity index (χ1v) is 6.36. The van der Waals surface area contributed by atoms with Crippen molar-refractivity contribution in [2.24, 2.45) is 0 Å². The van der Waals surface area contributed by atoms with E-state index in [0.717, 1.165) is 12.8 Å². The summed E-state index contributed by atoms with van der Waals surface area (Å²) in [7, 11) is 0. The van der Waals surface area contributed by atoms with Gasteiger partial charge in [-0.25, -0.2) is 9.78 Å². The van der Waals surface area contributed by atoms with Gasteiger partial charge < -0.3 is 19.0 Å². The maximum atomic E-state index is 11.2. The van der Waals surface area contributed by atoms with Gasteiger partial charge in [-0.3, -0.25) is 0 Å². The molecule has 1 aromatic carbocycles. The number of nitrogens with zero attached hydrogens (tertiary/aromatic N) is 1. The van der Waals surface area contributed by atoms with Crippen molar-refractivity contribution in [2.45, 2.75) is 18.8 Å². The summed E-state index contributed by atoms with van der Waals surface area (Å²) in [4.78, 5) is 15.6. The van der Waals surface area contributed by atoms with Crippen LogP contribution in [0, 0.1) is 0 Å². The molecule has 1 N–H and O–H groups in total. The van der Waals surface area contributed by atoms with Gasteiger partial charge in [0.05, 0.1) is 5.69 Å². The van der Waals surface area contributed by atoms with Crippen molar-refractivity contribution in [1.82, 2.24) is 4.98 Å². The zero-order chi connectivity index (χ0) is 13.7. The molecular weight excluding hydrogens is 262 g/mol. The fourth-order valence-electron chi connectivity index (χ4n) is 2.27. The molecule has 20 heavy (non-hydrogen) atoms. The quantitative estimate of drug-likeness (QED) is 0.925. The Morgan fingerprint density at radius 2 is 2.05 bits per heavy atom. The molecule has 0 radical (unpaired) electrons. The van der Waals surface area contributed by atoms with Crippen molar-refractivity contribution in [3.8, 4) is 23.0 Å². The highest BCUT2D eigenvalue weighted by molar-refractivity contribution is 5.86. The van der Waals surface area contributed by atoms with Gasteiger partial charge in [-0.15, -0.1) is 0 Å². The number of hydrogen-bond donors (Lipinski definition) is 1. The molecule has 1 fully saturated rings. The molecule has 6 nitrogen and oxygen atoms in total. The predicted octanol–water partition coefficient (Wildman–Crippen LogP) is 2.65. The summed E-state index contributed by atoms with van der Waals surface area (Å²) in [6.45, 7) is 0.193. The second-order valence-electron chi connectivity index (χ2n) is 4.88. The van der Waals surface area contributed by atoms with Crippen LogP contribution in [0.3, 0.4) is 0 Å². The van der Waals surface area contributed by atoms with E-state index in [4.69, 9.17) is 13.9 Å². The third kappa shape index (κ3) is 1.72. The van der Waals surface area contributed by atoms with Crippen LogP contribution in [0.25, 0.3) is 11.5 Å². The fraction of sp³-hybridized carbons (Fsp3) is 0.286. The van der Waals surface area contributed by atoms with Crippen LogP contribution in [-0.4, -0.2) is 22.9 Å². The minimum absolute atomic E-state index is 0.0554. The van der Waals surface area contributed by atoms with Crippen molar-refractivity contribution in [1.29, 1.82) is 0 Å². The van der Waals surface area contributed by atoms with Gasteiger partial charge in [-0.1, -0.05) is 0 Å². The summed E-state index contributed by atoms with van der Waals surface area (Å²) in [6, 6.07) is 5.29. The maximum Gasteiger partial charge on any atom is 0.373 e. The monoisotopic (exact) mass is 273 g/mol. The lowest BCUT2D eigenvalue weighted by Gasteiger charge is -1.98. The summed E-state index contributed by atoms with van der Waals surface area (Å²) < 4.78 is 16.0. The lowest BCUT2D eigenvalue weighted by Crippen LogP contribution is -1.98. The first-order valence-electron chi connectivity index (χ1n) is 6.36. The van der Waals surface area contributed by atoms with Crippen molar-refractivity contribution < 1.29 is 23.8 Å². The van der Waals surface area contributed by atoms with Gasteiger partial charge >= 0.3 is 5.97 Å². The number of oxazole rings is 1. The van der Waals surface area contributed by atoms with E-state index in [1.165, 1.54) is 0 Å². The number of aromatic carboxylic acids is 1. The summed E-state index contributed by atoms with van der Waals surface area (Å²) in [5, 5.41) is 9.18.